The Hall–Kier alpha value is -1.59. The van der Waals surface area contributed by atoms with Crippen molar-refractivity contribution in [1.82, 2.24) is 4.98 Å². The second-order valence-electron chi connectivity index (χ2n) is 5.83. The maximum absolute atomic E-state index is 9.28. The molecule has 4 nitrogen and oxygen atoms in total. The van der Waals surface area contributed by atoms with Crippen LogP contribution in [0.25, 0.3) is 0 Å². The van der Waals surface area contributed by atoms with Crippen LogP contribution in [0.3, 0.4) is 0 Å². The van der Waals surface area contributed by atoms with Gasteiger partial charge < -0.3 is 15.3 Å². The first kappa shape index (κ1) is 15.3. The van der Waals surface area contributed by atoms with Crippen LogP contribution in [-0.4, -0.2) is 29.8 Å². The number of thiazole rings is 1. The van der Waals surface area contributed by atoms with Gasteiger partial charge in [-0.25, -0.2) is 4.98 Å². The van der Waals surface area contributed by atoms with Crippen molar-refractivity contribution in [2.45, 2.75) is 26.3 Å². The summed E-state index contributed by atoms with van der Waals surface area (Å²) in [7, 11) is 0. The fraction of sp³-hybridized carbons (Fsp3) is 0.471. The number of aromatic nitrogens is 1. The SMILES string of the molecule is Cc1ncc(CNc2ccccc2N2CCC(CO)CC2)s1. The first-order chi connectivity index (χ1) is 10.8. The Balaban J connectivity index is 1.67. The first-order valence-corrected chi connectivity index (χ1v) is 8.68. The molecule has 2 N–H and O–H groups in total. The Bertz CT molecular complexity index is 605. The monoisotopic (exact) mass is 317 g/mol. The zero-order chi connectivity index (χ0) is 15.4. The maximum Gasteiger partial charge on any atom is 0.0897 e. The first-order valence-electron chi connectivity index (χ1n) is 7.86. The zero-order valence-electron chi connectivity index (χ0n) is 13.0. The molecule has 5 heteroatoms. The third-order valence-electron chi connectivity index (χ3n) is 4.24. The van der Waals surface area contributed by atoms with E-state index in [-0.39, 0.29) is 0 Å². The van der Waals surface area contributed by atoms with E-state index >= 15 is 0 Å². The number of aliphatic hydroxyl groups excluding tert-OH is 1. The largest absolute Gasteiger partial charge is 0.396 e. The van der Waals surface area contributed by atoms with Crippen molar-refractivity contribution < 1.29 is 5.11 Å². The summed E-state index contributed by atoms with van der Waals surface area (Å²) in [6.45, 7) is 5.20. The van der Waals surface area contributed by atoms with Gasteiger partial charge in [-0.05, 0) is 37.8 Å². The van der Waals surface area contributed by atoms with Gasteiger partial charge in [0.2, 0.25) is 0 Å². The Morgan fingerprint density at radius 2 is 2.09 bits per heavy atom. The molecule has 0 spiro atoms. The van der Waals surface area contributed by atoms with Gasteiger partial charge in [-0.2, -0.15) is 0 Å². The summed E-state index contributed by atoms with van der Waals surface area (Å²) < 4.78 is 0. The van der Waals surface area contributed by atoms with Gasteiger partial charge in [-0.15, -0.1) is 11.3 Å². The fourth-order valence-corrected chi connectivity index (χ4v) is 3.66. The van der Waals surface area contributed by atoms with Gasteiger partial charge in [0.15, 0.2) is 0 Å². The number of hydrogen-bond acceptors (Lipinski definition) is 5. The highest BCUT2D eigenvalue weighted by atomic mass is 32.1. The van der Waals surface area contributed by atoms with Crippen LogP contribution in [0.2, 0.25) is 0 Å². The summed E-state index contributed by atoms with van der Waals surface area (Å²) >= 11 is 1.74. The highest BCUT2D eigenvalue weighted by molar-refractivity contribution is 7.11. The number of aryl methyl sites for hydroxylation is 1. The zero-order valence-corrected chi connectivity index (χ0v) is 13.8. The van der Waals surface area contributed by atoms with Gasteiger partial charge in [0.25, 0.3) is 0 Å². The average molecular weight is 317 g/mol. The second-order valence-corrected chi connectivity index (χ2v) is 7.15. The van der Waals surface area contributed by atoms with Crippen molar-refractivity contribution >= 4 is 22.7 Å². The molecule has 118 valence electrons. The van der Waals surface area contributed by atoms with Crippen molar-refractivity contribution in [3.05, 3.63) is 40.3 Å². The van der Waals surface area contributed by atoms with E-state index in [2.05, 4.69) is 39.5 Å². The third-order valence-corrected chi connectivity index (χ3v) is 5.15. The van der Waals surface area contributed by atoms with Crippen LogP contribution in [0.15, 0.2) is 30.5 Å². The van der Waals surface area contributed by atoms with Crippen molar-refractivity contribution in [3.63, 3.8) is 0 Å². The van der Waals surface area contributed by atoms with Gasteiger partial charge in [0.1, 0.15) is 0 Å². The molecule has 1 aromatic heterocycles. The van der Waals surface area contributed by atoms with Crippen LogP contribution in [0.4, 0.5) is 11.4 Å². The Morgan fingerprint density at radius 1 is 1.32 bits per heavy atom. The van der Waals surface area contributed by atoms with Crippen molar-refractivity contribution in [3.8, 4) is 0 Å². The molecule has 0 bridgehead atoms. The van der Waals surface area contributed by atoms with Crippen molar-refractivity contribution in [1.29, 1.82) is 0 Å². The molecule has 0 unspecified atom stereocenters. The number of piperidine rings is 1. The summed E-state index contributed by atoms with van der Waals surface area (Å²) in [6.07, 6.45) is 4.08. The van der Waals surface area contributed by atoms with E-state index in [9.17, 15) is 5.11 Å². The lowest BCUT2D eigenvalue weighted by Gasteiger charge is -2.34. The maximum atomic E-state index is 9.28. The summed E-state index contributed by atoms with van der Waals surface area (Å²) in [6, 6.07) is 8.49. The predicted molar refractivity (Wildman–Crippen MR) is 92.6 cm³/mol. The Labute approximate surface area is 135 Å². The average Bonchev–Trinajstić information content (AvgIpc) is 2.99. The highest BCUT2D eigenvalue weighted by Gasteiger charge is 2.20. The minimum absolute atomic E-state index is 0.318. The summed E-state index contributed by atoms with van der Waals surface area (Å²) in [4.78, 5) is 7.98. The quantitative estimate of drug-likeness (QED) is 0.888. The van der Waals surface area contributed by atoms with E-state index in [4.69, 9.17) is 0 Å². The lowest BCUT2D eigenvalue weighted by Crippen LogP contribution is -2.35. The number of nitrogens with one attached hydrogen (secondary N) is 1. The van der Waals surface area contributed by atoms with Gasteiger partial charge in [-0.3, -0.25) is 0 Å². The second kappa shape index (κ2) is 7.11. The molecular weight excluding hydrogens is 294 g/mol. The molecule has 3 rings (SSSR count). The molecule has 22 heavy (non-hydrogen) atoms. The van der Waals surface area contributed by atoms with Crippen molar-refractivity contribution in [2.24, 2.45) is 5.92 Å². The van der Waals surface area contributed by atoms with Crippen LogP contribution < -0.4 is 10.2 Å². The number of nitrogens with zero attached hydrogens (tertiary/aromatic N) is 2. The third kappa shape index (κ3) is 3.59. The number of aliphatic hydroxyl groups is 1. The molecule has 0 amide bonds. The van der Waals surface area contributed by atoms with Crippen LogP contribution in [0.1, 0.15) is 22.7 Å². The number of rotatable bonds is 5. The summed E-state index contributed by atoms with van der Waals surface area (Å²) in [5.74, 6) is 0.469. The van der Waals surface area contributed by atoms with Gasteiger partial charge >= 0.3 is 0 Å². The van der Waals surface area contributed by atoms with E-state index in [0.29, 0.717) is 12.5 Å². The van der Waals surface area contributed by atoms with Crippen molar-refractivity contribution in [2.75, 3.05) is 29.9 Å². The fourth-order valence-electron chi connectivity index (χ4n) is 2.92. The van der Waals surface area contributed by atoms with Crippen LogP contribution in [0, 0.1) is 12.8 Å². The molecule has 1 fully saturated rings. The molecule has 2 heterocycles. The molecule has 1 saturated heterocycles. The molecule has 2 aromatic rings. The summed E-state index contributed by atoms with van der Waals surface area (Å²) in [5.41, 5.74) is 2.44. The lowest BCUT2D eigenvalue weighted by atomic mass is 9.97. The Kier molecular flexibility index (Phi) is 4.95. The Morgan fingerprint density at radius 3 is 2.77 bits per heavy atom. The number of anilines is 2. The van der Waals surface area contributed by atoms with E-state index in [1.54, 1.807) is 11.3 Å². The molecule has 0 saturated carbocycles. The van der Waals surface area contributed by atoms with E-state index in [0.717, 1.165) is 37.5 Å². The standard InChI is InChI=1S/C17H23N3OS/c1-13-18-10-15(22-13)11-19-16-4-2-3-5-17(16)20-8-6-14(12-21)7-9-20/h2-5,10,14,19,21H,6-9,11-12H2,1H3. The van der Waals surface area contributed by atoms with E-state index in [1.165, 1.54) is 16.3 Å². The molecule has 0 radical (unpaired) electrons. The predicted octanol–water partition coefficient (Wildman–Crippen LogP) is 3.27. The topological polar surface area (TPSA) is 48.4 Å². The van der Waals surface area contributed by atoms with Gasteiger partial charge in [-0.1, -0.05) is 12.1 Å². The van der Waals surface area contributed by atoms with E-state index < -0.39 is 0 Å². The molecule has 1 aliphatic heterocycles. The number of hydrogen-bond donors (Lipinski definition) is 2. The van der Waals surface area contributed by atoms with Crippen LogP contribution in [0.5, 0.6) is 0 Å². The van der Waals surface area contributed by atoms with Crippen LogP contribution >= 0.6 is 11.3 Å². The molecule has 1 aromatic carbocycles. The molecule has 0 aliphatic carbocycles. The highest BCUT2D eigenvalue weighted by Crippen LogP contribution is 2.30. The molecular formula is C17H23N3OS. The number of para-hydroxylation sites is 2. The lowest BCUT2D eigenvalue weighted by molar-refractivity contribution is 0.203. The van der Waals surface area contributed by atoms with Crippen LogP contribution in [-0.2, 0) is 6.54 Å². The normalized spacial score (nSPS) is 16.0. The summed E-state index contributed by atoms with van der Waals surface area (Å²) in [5, 5.41) is 13.9. The molecule has 0 atom stereocenters. The van der Waals surface area contributed by atoms with Gasteiger partial charge in [0.05, 0.1) is 22.9 Å². The van der Waals surface area contributed by atoms with Gasteiger partial charge in [0, 0.05) is 30.8 Å². The molecule has 1 aliphatic rings. The smallest absolute Gasteiger partial charge is 0.0897 e. The minimum Gasteiger partial charge on any atom is -0.396 e. The number of benzene rings is 1. The van der Waals surface area contributed by atoms with E-state index in [1.807, 2.05) is 13.1 Å². The minimum atomic E-state index is 0.318.